The molecule has 2 aliphatic heterocycles. The van der Waals surface area contributed by atoms with Gasteiger partial charge in [0.25, 0.3) is 0 Å². The van der Waals surface area contributed by atoms with Gasteiger partial charge in [0.15, 0.2) is 0 Å². The maximum absolute atomic E-state index is 12.8. The Labute approximate surface area is 247 Å². The van der Waals surface area contributed by atoms with Crippen molar-refractivity contribution in [3.63, 3.8) is 0 Å². The molecule has 208 valence electrons. The molecule has 0 amide bonds. The van der Waals surface area contributed by atoms with Gasteiger partial charge in [0.2, 0.25) is 0 Å². The lowest BCUT2D eigenvalue weighted by Gasteiger charge is -2.31. The molecule has 3 heterocycles. The maximum atomic E-state index is 12.8. The van der Waals surface area contributed by atoms with Gasteiger partial charge in [-0.15, -0.1) is 0 Å². The molecule has 6 rings (SSSR count). The number of piperidine rings is 1. The summed E-state index contributed by atoms with van der Waals surface area (Å²) in [6.07, 6.45) is 10.3. The van der Waals surface area contributed by atoms with Gasteiger partial charge in [0.05, 0.1) is 11.3 Å². The van der Waals surface area contributed by atoms with Gasteiger partial charge < -0.3 is 19.1 Å². The third kappa shape index (κ3) is 5.66. The van der Waals surface area contributed by atoms with E-state index in [1.165, 1.54) is 92.4 Å². The van der Waals surface area contributed by atoms with Crippen molar-refractivity contribution in [1.82, 2.24) is 9.47 Å². The zero-order valence-corrected chi connectivity index (χ0v) is 25.7. The Morgan fingerprint density at radius 1 is 0.949 bits per heavy atom. The Morgan fingerprint density at radius 2 is 1.74 bits per heavy atom. The Morgan fingerprint density at radius 3 is 2.54 bits per heavy atom. The summed E-state index contributed by atoms with van der Waals surface area (Å²) in [4.78, 5) is 18.0. The average molecular weight is 660 g/mol. The van der Waals surface area contributed by atoms with Crippen molar-refractivity contribution < 1.29 is 9.53 Å². The van der Waals surface area contributed by atoms with E-state index in [1.54, 1.807) is 0 Å². The molecule has 5 nitrogen and oxygen atoms in total. The number of hydrogen-bond donors (Lipinski definition) is 0. The Balaban J connectivity index is 1.46. The number of benzene rings is 2. The molecular weight excluding hydrogens is 621 g/mol. The molecule has 2 fully saturated rings. The van der Waals surface area contributed by atoms with Gasteiger partial charge in [0.1, 0.15) is 4.61 Å². The molecule has 1 saturated carbocycles. The minimum Gasteiger partial charge on any atom is -0.452 e. The standard InChI is InChI=1S/C32H39ClIN3O2/c1-34-22-39-32(38)24-10-12-26-29(20-24)37-19-18-36(17-16-35-14-6-3-7-15-35)28-21-25(33)11-13-27(28)31(37)30(26)23-8-4-2-5-9-23/h10-13,20-21,23H,1-9,14-19,22H2. The number of hydrogen-bond acceptors (Lipinski definition) is 4. The van der Waals surface area contributed by atoms with Crippen LogP contribution in [0.4, 0.5) is 5.69 Å². The molecule has 0 N–H and O–H groups in total. The monoisotopic (exact) mass is 659 g/mol. The lowest BCUT2D eigenvalue weighted by molar-refractivity contribution is 0.0590. The number of likely N-dealkylation sites (tertiary alicyclic amines) is 1. The van der Waals surface area contributed by atoms with Crippen LogP contribution in [0.1, 0.15) is 73.2 Å². The summed E-state index contributed by atoms with van der Waals surface area (Å²) < 4.78 is 12.4. The number of nitrogens with zero attached hydrogens (tertiary/aromatic N) is 3. The van der Waals surface area contributed by atoms with Crippen LogP contribution in [0.2, 0.25) is 5.02 Å². The minimum absolute atomic E-state index is 0.237. The summed E-state index contributed by atoms with van der Waals surface area (Å²) in [5.74, 6) is 0.300. The number of ether oxygens (including phenoxy) is 1. The van der Waals surface area contributed by atoms with Crippen molar-refractivity contribution in [3.8, 4) is 11.3 Å². The van der Waals surface area contributed by atoms with Gasteiger partial charge in [0, 0.05) is 53.4 Å². The van der Waals surface area contributed by atoms with E-state index in [-0.39, 0.29) is 26.7 Å². The third-order valence-electron chi connectivity index (χ3n) is 8.90. The van der Waals surface area contributed by atoms with E-state index >= 15 is 0 Å². The van der Waals surface area contributed by atoms with E-state index in [1.807, 2.05) is 12.1 Å². The van der Waals surface area contributed by atoms with E-state index in [0.29, 0.717) is 16.1 Å². The highest BCUT2D eigenvalue weighted by Crippen LogP contribution is 2.48. The van der Waals surface area contributed by atoms with Crippen LogP contribution in [0, 0.1) is 0 Å². The number of anilines is 1. The molecule has 1 aromatic heterocycles. The number of esters is 1. The molecule has 1 aliphatic carbocycles. The molecule has 3 aromatic rings. The Hall–Kier alpha value is -1.90. The highest BCUT2D eigenvalue weighted by molar-refractivity contribution is 14.2. The summed E-state index contributed by atoms with van der Waals surface area (Å²) in [6.45, 7) is 6.31. The molecule has 0 atom stereocenters. The van der Waals surface area contributed by atoms with Crippen LogP contribution in [0.15, 0.2) is 36.4 Å². The number of halogens is 2. The van der Waals surface area contributed by atoms with E-state index in [9.17, 15) is 4.79 Å². The van der Waals surface area contributed by atoms with Crippen molar-refractivity contribution in [3.05, 3.63) is 52.5 Å². The second-order valence-electron chi connectivity index (χ2n) is 11.3. The van der Waals surface area contributed by atoms with Gasteiger partial charge in [-0.3, -0.25) is 0 Å². The fraction of sp³-hybridized carbons (Fsp3) is 0.500. The molecule has 39 heavy (non-hydrogen) atoms. The Bertz CT molecular complexity index is 1360. The summed E-state index contributed by atoms with van der Waals surface area (Å²) in [5, 5.41) is 2.08. The lowest BCUT2D eigenvalue weighted by Crippen LogP contribution is -2.38. The number of carbonyl (C=O) groups excluding carboxylic acids is 1. The summed E-state index contributed by atoms with van der Waals surface area (Å²) in [6, 6.07) is 12.7. The minimum atomic E-state index is -0.336. The number of rotatable bonds is 7. The first-order valence-corrected chi connectivity index (χ1v) is 18.0. The van der Waals surface area contributed by atoms with Crippen LogP contribution in [0.5, 0.6) is 0 Å². The fourth-order valence-electron chi connectivity index (χ4n) is 6.99. The predicted molar refractivity (Wildman–Crippen MR) is 172 cm³/mol. The van der Waals surface area contributed by atoms with Crippen LogP contribution in [-0.2, 0) is 11.3 Å². The second-order valence-corrected chi connectivity index (χ2v) is 13.4. The topological polar surface area (TPSA) is 37.7 Å². The molecule has 0 unspecified atom stereocenters. The smallest absolute Gasteiger partial charge is 0.338 e. The summed E-state index contributed by atoms with van der Waals surface area (Å²) in [7, 11) is 0. The van der Waals surface area contributed by atoms with Crippen LogP contribution in [-0.4, -0.2) is 57.3 Å². The quantitative estimate of drug-likeness (QED) is 0.147. The van der Waals surface area contributed by atoms with E-state index < -0.39 is 0 Å². The van der Waals surface area contributed by atoms with Crippen LogP contribution in [0.25, 0.3) is 22.2 Å². The summed E-state index contributed by atoms with van der Waals surface area (Å²) in [5.41, 5.74) is 7.12. The van der Waals surface area contributed by atoms with Crippen molar-refractivity contribution in [1.29, 1.82) is 0 Å². The van der Waals surface area contributed by atoms with Gasteiger partial charge in [-0.1, -0.05) is 68.6 Å². The zero-order chi connectivity index (χ0) is 26.8. The zero-order valence-electron chi connectivity index (χ0n) is 22.8. The highest BCUT2D eigenvalue weighted by atomic mass is 127. The molecule has 0 spiro atoms. The molecule has 3 aliphatic rings. The number of aromatic nitrogens is 1. The average Bonchev–Trinajstić information content (AvgIpc) is 3.21. The first-order valence-electron chi connectivity index (χ1n) is 14.6. The van der Waals surface area contributed by atoms with Crippen molar-refractivity contribution in [2.75, 3.05) is 42.2 Å². The normalized spacial score (nSPS) is 18.5. The molecule has 2 aromatic carbocycles. The van der Waals surface area contributed by atoms with Gasteiger partial charge in [-0.25, -0.2) is 4.79 Å². The first-order chi connectivity index (χ1) is 19.1. The molecule has 0 bridgehead atoms. The van der Waals surface area contributed by atoms with Crippen molar-refractivity contribution in [2.24, 2.45) is 0 Å². The molecule has 0 radical (unpaired) electrons. The third-order valence-corrected chi connectivity index (χ3v) is 9.89. The van der Waals surface area contributed by atoms with Gasteiger partial charge in [-0.2, -0.15) is 0 Å². The van der Waals surface area contributed by atoms with Crippen molar-refractivity contribution in [2.45, 2.75) is 63.8 Å². The van der Waals surface area contributed by atoms with E-state index in [2.05, 4.69) is 43.1 Å². The lowest BCUT2D eigenvalue weighted by atomic mass is 9.81. The largest absolute Gasteiger partial charge is 0.452 e. The predicted octanol–water partition coefficient (Wildman–Crippen LogP) is 7.83. The molecule has 7 heteroatoms. The van der Waals surface area contributed by atoms with Crippen LogP contribution >= 0.6 is 32.3 Å². The van der Waals surface area contributed by atoms with E-state index in [0.717, 1.165) is 36.7 Å². The fourth-order valence-corrected chi connectivity index (χ4v) is 7.66. The molecule has 1 saturated heterocycles. The second kappa shape index (κ2) is 12.3. The number of fused-ring (bicyclic) bond motifs is 5. The first kappa shape index (κ1) is 27.3. The summed E-state index contributed by atoms with van der Waals surface area (Å²) >= 11 is 6.30. The van der Waals surface area contributed by atoms with Gasteiger partial charge >= 0.3 is 5.97 Å². The van der Waals surface area contributed by atoms with Crippen LogP contribution in [0.3, 0.4) is 0 Å². The SMILES string of the molecule is C=ICOC(=O)c1ccc2c(C3CCCCC3)c3n(c2c1)CCN(CCN1CCCCC1)c1cc(Cl)ccc1-3. The van der Waals surface area contributed by atoms with Crippen molar-refractivity contribution >= 4 is 59.4 Å². The number of alkyl halides is 1. The van der Waals surface area contributed by atoms with Gasteiger partial charge in [-0.05, 0) is 80.6 Å². The Kier molecular flexibility index (Phi) is 8.61. The maximum Gasteiger partial charge on any atom is 0.338 e. The number of carbonyl (C=O) groups is 1. The highest BCUT2D eigenvalue weighted by Gasteiger charge is 2.31. The van der Waals surface area contributed by atoms with Crippen LogP contribution < -0.4 is 4.90 Å². The molecular formula is C32H39ClIN3O2. The van der Waals surface area contributed by atoms with E-state index in [4.69, 9.17) is 16.3 Å².